The molecule has 0 spiro atoms. The molecule has 1 aromatic rings. The monoisotopic (exact) mass is 206 g/mol. The molecule has 2 N–H and O–H groups in total. The zero-order chi connectivity index (χ0) is 10.8. The van der Waals surface area contributed by atoms with Gasteiger partial charge in [-0.2, -0.15) is 0 Å². The van der Waals surface area contributed by atoms with Gasteiger partial charge in [-0.3, -0.25) is 0 Å². The molecular weight excluding hydrogens is 184 g/mol. The molecule has 1 aromatic heterocycles. The molecule has 1 aliphatic carbocycles. The summed E-state index contributed by atoms with van der Waals surface area (Å²) in [6.45, 7) is 4.49. The van der Waals surface area contributed by atoms with Gasteiger partial charge in [-0.1, -0.05) is 13.8 Å². The molecule has 0 amide bonds. The Hall–Kier alpha value is -0.760. The summed E-state index contributed by atoms with van der Waals surface area (Å²) in [6.07, 6.45) is 9.39. The summed E-state index contributed by atoms with van der Waals surface area (Å²) in [5.41, 5.74) is 7.37. The molecule has 0 aliphatic heterocycles. The van der Waals surface area contributed by atoms with E-state index in [1.54, 1.807) is 0 Å². The van der Waals surface area contributed by atoms with Crippen LogP contribution >= 0.6 is 0 Å². The van der Waals surface area contributed by atoms with Crippen LogP contribution in [0.4, 0.5) is 0 Å². The molecule has 2 nitrogen and oxygen atoms in total. The van der Waals surface area contributed by atoms with Gasteiger partial charge in [0.25, 0.3) is 0 Å². The first-order chi connectivity index (χ1) is 7.16. The molecule has 84 valence electrons. The number of nitrogens with zero attached hydrogens (tertiary/aromatic N) is 1. The molecule has 1 heterocycles. The molecule has 0 radical (unpaired) electrons. The Labute approximate surface area is 92.5 Å². The lowest BCUT2D eigenvalue weighted by Crippen LogP contribution is -2.27. The Kier molecular flexibility index (Phi) is 3.15. The summed E-state index contributed by atoms with van der Waals surface area (Å²) in [6, 6.07) is 3.39. The van der Waals surface area contributed by atoms with Crippen molar-refractivity contribution in [3.63, 3.8) is 0 Å². The fourth-order valence-corrected chi connectivity index (χ4v) is 2.40. The van der Waals surface area contributed by atoms with E-state index in [9.17, 15) is 0 Å². The van der Waals surface area contributed by atoms with Gasteiger partial charge in [0.05, 0.1) is 0 Å². The molecule has 2 rings (SSSR count). The zero-order valence-corrected chi connectivity index (χ0v) is 9.82. The second kappa shape index (κ2) is 4.40. The van der Waals surface area contributed by atoms with Crippen molar-refractivity contribution in [2.45, 2.75) is 57.5 Å². The Morgan fingerprint density at radius 2 is 1.93 bits per heavy atom. The van der Waals surface area contributed by atoms with Crippen molar-refractivity contribution in [3.8, 4) is 0 Å². The minimum Gasteiger partial charge on any atom is -0.351 e. The second-order valence-corrected chi connectivity index (χ2v) is 5.12. The van der Waals surface area contributed by atoms with Crippen LogP contribution < -0.4 is 5.73 Å². The van der Waals surface area contributed by atoms with Crippen LogP contribution in [0.25, 0.3) is 0 Å². The van der Waals surface area contributed by atoms with Crippen molar-refractivity contribution in [1.82, 2.24) is 4.57 Å². The fourth-order valence-electron chi connectivity index (χ4n) is 2.40. The highest BCUT2D eigenvalue weighted by Gasteiger charge is 2.19. The predicted octanol–water partition coefficient (Wildman–Crippen LogP) is 3.05. The summed E-state index contributed by atoms with van der Waals surface area (Å²) in [4.78, 5) is 0. The number of hydrogen-bond acceptors (Lipinski definition) is 1. The Balaban J connectivity index is 2.03. The van der Waals surface area contributed by atoms with Gasteiger partial charge >= 0.3 is 0 Å². The summed E-state index contributed by atoms with van der Waals surface area (Å²) in [7, 11) is 0. The molecule has 0 bridgehead atoms. The van der Waals surface area contributed by atoms with Gasteiger partial charge in [0.1, 0.15) is 0 Å². The molecule has 15 heavy (non-hydrogen) atoms. The normalized spacial score (nSPS) is 27.2. The molecule has 2 heteroatoms. The lowest BCUT2D eigenvalue weighted by molar-refractivity contribution is 0.324. The van der Waals surface area contributed by atoms with Gasteiger partial charge in [0.2, 0.25) is 0 Å². The molecule has 1 saturated carbocycles. The molecule has 1 aliphatic rings. The van der Waals surface area contributed by atoms with Gasteiger partial charge in [0, 0.05) is 24.5 Å². The molecule has 1 fully saturated rings. The number of nitrogens with two attached hydrogens (primary N) is 1. The maximum Gasteiger partial charge on any atom is 0.0331 e. The third kappa shape index (κ3) is 2.43. The summed E-state index contributed by atoms with van der Waals surface area (Å²) in [5, 5.41) is 0. The molecular formula is C13H22N2. The number of rotatable bonds is 2. The molecule has 0 aromatic carbocycles. The standard InChI is InChI=1S/C13H22N2/c1-10(2)11-7-8-15(9-11)13-5-3-12(14)4-6-13/h7-10,12-13H,3-6,14H2,1-2H3. The predicted molar refractivity (Wildman–Crippen MR) is 64.0 cm³/mol. The van der Waals surface area contributed by atoms with E-state index in [1.165, 1.54) is 31.2 Å². The minimum atomic E-state index is 0.446. The van der Waals surface area contributed by atoms with Crippen LogP contribution in [0.2, 0.25) is 0 Å². The summed E-state index contributed by atoms with van der Waals surface area (Å²) >= 11 is 0. The van der Waals surface area contributed by atoms with E-state index < -0.39 is 0 Å². The van der Waals surface area contributed by atoms with Crippen LogP contribution in [0, 0.1) is 0 Å². The van der Waals surface area contributed by atoms with Gasteiger partial charge in [0.15, 0.2) is 0 Å². The van der Waals surface area contributed by atoms with Crippen molar-refractivity contribution < 1.29 is 0 Å². The molecule has 0 saturated heterocycles. The molecule has 0 atom stereocenters. The van der Waals surface area contributed by atoms with Crippen LogP contribution in [-0.2, 0) is 0 Å². The highest BCUT2D eigenvalue weighted by atomic mass is 15.0. The van der Waals surface area contributed by atoms with Crippen LogP contribution in [0.5, 0.6) is 0 Å². The van der Waals surface area contributed by atoms with Gasteiger partial charge in [-0.15, -0.1) is 0 Å². The van der Waals surface area contributed by atoms with Crippen LogP contribution in [0.1, 0.15) is 57.1 Å². The van der Waals surface area contributed by atoms with E-state index >= 15 is 0 Å². The van der Waals surface area contributed by atoms with Crippen molar-refractivity contribution in [2.75, 3.05) is 0 Å². The highest BCUT2D eigenvalue weighted by Crippen LogP contribution is 2.29. The average molecular weight is 206 g/mol. The molecule has 0 unspecified atom stereocenters. The van der Waals surface area contributed by atoms with E-state index in [2.05, 4.69) is 36.9 Å². The quantitative estimate of drug-likeness (QED) is 0.792. The number of aromatic nitrogens is 1. The highest BCUT2D eigenvalue weighted by molar-refractivity contribution is 5.15. The third-order valence-corrected chi connectivity index (χ3v) is 3.57. The first-order valence-electron chi connectivity index (χ1n) is 6.09. The largest absolute Gasteiger partial charge is 0.351 e. The smallest absolute Gasteiger partial charge is 0.0331 e. The van der Waals surface area contributed by atoms with Gasteiger partial charge < -0.3 is 10.3 Å². The third-order valence-electron chi connectivity index (χ3n) is 3.57. The Morgan fingerprint density at radius 1 is 1.27 bits per heavy atom. The number of hydrogen-bond donors (Lipinski definition) is 1. The first kappa shape index (κ1) is 10.7. The summed E-state index contributed by atoms with van der Waals surface area (Å²) < 4.78 is 2.39. The fraction of sp³-hybridized carbons (Fsp3) is 0.692. The van der Waals surface area contributed by atoms with E-state index in [-0.39, 0.29) is 0 Å². The zero-order valence-electron chi connectivity index (χ0n) is 9.82. The van der Waals surface area contributed by atoms with Crippen molar-refractivity contribution in [1.29, 1.82) is 0 Å². The van der Waals surface area contributed by atoms with Crippen molar-refractivity contribution >= 4 is 0 Å². The maximum atomic E-state index is 5.92. The van der Waals surface area contributed by atoms with Crippen molar-refractivity contribution in [2.24, 2.45) is 5.73 Å². The van der Waals surface area contributed by atoms with Gasteiger partial charge in [-0.05, 0) is 43.2 Å². The Morgan fingerprint density at radius 3 is 2.47 bits per heavy atom. The summed E-state index contributed by atoms with van der Waals surface area (Å²) in [5.74, 6) is 0.636. The lowest BCUT2D eigenvalue weighted by atomic mass is 9.92. The first-order valence-corrected chi connectivity index (χ1v) is 6.09. The van der Waals surface area contributed by atoms with Crippen molar-refractivity contribution in [3.05, 3.63) is 24.0 Å². The maximum absolute atomic E-state index is 5.92. The Bertz CT molecular complexity index is 306. The van der Waals surface area contributed by atoms with E-state index in [1.807, 2.05) is 0 Å². The average Bonchev–Trinajstić information content (AvgIpc) is 2.68. The van der Waals surface area contributed by atoms with E-state index in [4.69, 9.17) is 5.73 Å². The second-order valence-electron chi connectivity index (χ2n) is 5.12. The van der Waals surface area contributed by atoms with E-state index in [0.717, 1.165) is 0 Å². The van der Waals surface area contributed by atoms with Crippen LogP contribution in [0.3, 0.4) is 0 Å². The van der Waals surface area contributed by atoms with Gasteiger partial charge in [-0.25, -0.2) is 0 Å². The minimum absolute atomic E-state index is 0.446. The topological polar surface area (TPSA) is 30.9 Å². The van der Waals surface area contributed by atoms with Crippen LogP contribution in [-0.4, -0.2) is 10.6 Å². The SMILES string of the molecule is CC(C)c1ccn(C2CCC(N)CC2)c1. The van der Waals surface area contributed by atoms with Crippen LogP contribution in [0.15, 0.2) is 18.5 Å². The van der Waals surface area contributed by atoms with E-state index in [0.29, 0.717) is 18.0 Å². The lowest BCUT2D eigenvalue weighted by Gasteiger charge is -2.27.